The summed E-state index contributed by atoms with van der Waals surface area (Å²) in [7, 11) is -4.98. The van der Waals surface area contributed by atoms with Gasteiger partial charge in [-0.15, -0.1) is 0 Å². The third-order valence-corrected chi connectivity index (χ3v) is 6.24. The van der Waals surface area contributed by atoms with Crippen LogP contribution in [0.25, 0.3) is 0 Å². The van der Waals surface area contributed by atoms with Gasteiger partial charge in [0.15, 0.2) is 0 Å². The minimum atomic E-state index is -4.95. The highest BCUT2D eigenvalue weighted by molar-refractivity contribution is 8.72. The molecule has 0 aliphatic rings. The number of benzene rings is 2. The summed E-state index contributed by atoms with van der Waals surface area (Å²) in [5, 5.41) is 0. The molecule has 0 heterocycles. The molecule has 0 aromatic heterocycles. The predicted octanol–water partition coefficient (Wildman–Crippen LogP) is 5.21. The third kappa shape index (κ3) is 4.04. The zero-order chi connectivity index (χ0) is 18.2. The summed E-state index contributed by atoms with van der Waals surface area (Å²) in [6.07, 6.45) is -9.78. The van der Waals surface area contributed by atoms with Crippen molar-refractivity contribution < 1.29 is 34.8 Å². The first-order valence-corrected chi connectivity index (χ1v) is 9.01. The van der Waals surface area contributed by atoms with Crippen LogP contribution in [0, 0.1) is 0 Å². The Kier molecular flexibility index (Phi) is 4.91. The van der Waals surface area contributed by atoms with Crippen LogP contribution in [-0.4, -0.2) is 8.42 Å². The molecule has 0 atom stereocenters. The Morgan fingerprint density at radius 1 is 0.708 bits per heavy atom. The zero-order valence-electron chi connectivity index (χ0n) is 11.5. The third-order valence-electron chi connectivity index (χ3n) is 2.85. The molecule has 0 bridgehead atoms. The lowest BCUT2D eigenvalue weighted by Gasteiger charge is -2.15. The second-order valence-corrected chi connectivity index (χ2v) is 8.30. The van der Waals surface area contributed by atoms with E-state index in [-0.39, 0.29) is 10.8 Å². The first kappa shape index (κ1) is 18.7. The van der Waals surface area contributed by atoms with Gasteiger partial charge in [0.1, 0.15) is 0 Å². The van der Waals surface area contributed by atoms with Crippen LogP contribution in [-0.2, 0) is 21.2 Å². The number of alkyl halides is 6. The Morgan fingerprint density at radius 2 is 1.17 bits per heavy atom. The van der Waals surface area contributed by atoms with E-state index in [2.05, 4.69) is 0 Å². The van der Waals surface area contributed by atoms with Crippen molar-refractivity contribution >= 4 is 19.7 Å². The fourth-order valence-electron chi connectivity index (χ4n) is 1.86. The molecule has 0 saturated heterocycles. The minimum absolute atomic E-state index is 0.265. The Labute approximate surface area is 136 Å². The largest absolute Gasteiger partial charge is 0.417 e. The maximum Gasteiger partial charge on any atom is 0.417 e. The van der Waals surface area contributed by atoms with Crippen molar-refractivity contribution in [2.45, 2.75) is 22.1 Å². The minimum Gasteiger partial charge on any atom is -0.212 e. The van der Waals surface area contributed by atoms with Crippen LogP contribution in [0.5, 0.6) is 0 Å². The quantitative estimate of drug-likeness (QED) is 0.537. The highest BCUT2D eigenvalue weighted by atomic mass is 33.1. The number of halogens is 6. The molecule has 0 aliphatic heterocycles. The summed E-state index contributed by atoms with van der Waals surface area (Å²) in [5.41, 5.74) is -2.66. The summed E-state index contributed by atoms with van der Waals surface area (Å²) in [5.74, 6) is 0. The van der Waals surface area contributed by atoms with Gasteiger partial charge in [0, 0.05) is 15.7 Å². The maximum atomic E-state index is 12.9. The Hall–Kier alpha value is -1.68. The van der Waals surface area contributed by atoms with Gasteiger partial charge in [-0.3, -0.25) is 0 Å². The molecule has 0 radical (unpaired) electrons. The molecule has 2 aromatic rings. The molecule has 0 unspecified atom stereocenters. The second kappa shape index (κ2) is 6.32. The van der Waals surface area contributed by atoms with Gasteiger partial charge in [-0.25, -0.2) is 8.42 Å². The topological polar surface area (TPSA) is 34.1 Å². The van der Waals surface area contributed by atoms with Gasteiger partial charge in [-0.2, -0.15) is 26.3 Å². The number of rotatable bonds is 3. The first-order chi connectivity index (χ1) is 10.9. The van der Waals surface area contributed by atoms with Crippen LogP contribution in [0.15, 0.2) is 58.3 Å². The molecule has 2 rings (SSSR count). The maximum absolute atomic E-state index is 12.9. The summed E-state index contributed by atoms with van der Waals surface area (Å²) >= 11 is 0. The van der Waals surface area contributed by atoms with E-state index in [1.807, 2.05) is 0 Å². The van der Waals surface area contributed by atoms with Gasteiger partial charge in [0.2, 0.25) is 8.87 Å². The normalized spacial score (nSPS) is 13.1. The molecule has 2 nitrogen and oxygen atoms in total. The van der Waals surface area contributed by atoms with Gasteiger partial charge in [-0.05, 0) is 24.3 Å². The van der Waals surface area contributed by atoms with Crippen molar-refractivity contribution in [3.63, 3.8) is 0 Å². The van der Waals surface area contributed by atoms with E-state index >= 15 is 0 Å². The van der Waals surface area contributed by atoms with E-state index in [9.17, 15) is 34.8 Å². The van der Waals surface area contributed by atoms with Gasteiger partial charge >= 0.3 is 12.4 Å². The van der Waals surface area contributed by atoms with E-state index in [1.165, 1.54) is 6.07 Å². The van der Waals surface area contributed by atoms with Crippen LogP contribution < -0.4 is 0 Å². The van der Waals surface area contributed by atoms with E-state index < -0.39 is 42.1 Å². The van der Waals surface area contributed by atoms with Crippen LogP contribution in [0.1, 0.15) is 11.1 Å². The Balaban J connectivity index is 2.53. The fourth-order valence-corrected chi connectivity index (χ4v) is 5.14. The van der Waals surface area contributed by atoms with E-state index in [0.29, 0.717) is 18.2 Å². The average Bonchev–Trinajstić information content (AvgIpc) is 2.45. The van der Waals surface area contributed by atoms with Crippen molar-refractivity contribution in [1.29, 1.82) is 0 Å². The monoisotopic (exact) mass is 386 g/mol. The molecular weight excluding hydrogens is 378 g/mol. The molecule has 0 fully saturated rings. The molecular formula is C14H8F6O2S2. The lowest BCUT2D eigenvalue weighted by atomic mass is 10.2. The van der Waals surface area contributed by atoms with Crippen molar-refractivity contribution in [2.75, 3.05) is 0 Å². The number of hydrogen-bond donors (Lipinski definition) is 0. The SMILES string of the molecule is O=S(=O)(Sc1ccccc1C(F)(F)F)c1ccccc1C(F)(F)F. The van der Waals surface area contributed by atoms with Crippen molar-refractivity contribution in [1.82, 2.24) is 0 Å². The Bertz CT molecular complexity index is 841. The van der Waals surface area contributed by atoms with Crippen LogP contribution in [0.2, 0.25) is 0 Å². The standard InChI is InChI=1S/C14H8F6O2S2/c15-13(16,17)9-5-1-3-7-11(9)23-24(21,22)12-8-4-2-6-10(12)14(18,19)20/h1-8H. The molecule has 10 heteroatoms. The summed E-state index contributed by atoms with van der Waals surface area (Å²) in [4.78, 5) is -1.78. The smallest absolute Gasteiger partial charge is 0.212 e. The summed E-state index contributed by atoms with van der Waals surface area (Å²) in [6, 6.07) is 7.11. The molecule has 130 valence electrons. The number of hydrogen-bond acceptors (Lipinski definition) is 3. The van der Waals surface area contributed by atoms with Crippen molar-refractivity contribution in [3.8, 4) is 0 Å². The second-order valence-electron chi connectivity index (χ2n) is 4.53. The van der Waals surface area contributed by atoms with Crippen LogP contribution in [0.3, 0.4) is 0 Å². The van der Waals surface area contributed by atoms with Crippen LogP contribution in [0.4, 0.5) is 26.3 Å². The average molecular weight is 386 g/mol. The van der Waals surface area contributed by atoms with Crippen molar-refractivity contribution in [2.24, 2.45) is 0 Å². The van der Waals surface area contributed by atoms with Gasteiger partial charge < -0.3 is 0 Å². The molecule has 0 amide bonds. The van der Waals surface area contributed by atoms with E-state index in [0.717, 1.165) is 24.3 Å². The molecule has 0 N–H and O–H groups in total. The fraction of sp³-hybridized carbons (Fsp3) is 0.143. The van der Waals surface area contributed by atoms with Crippen LogP contribution >= 0.6 is 10.8 Å². The molecule has 0 saturated carbocycles. The molecule has 0 aliphatic carbocycles. The van der Waals surface area contributed by atoms with E-state index in [1.54, 1.807) is 0 Å². The van der Waals surface area contributed by atoms with Gasteiger partial charge in [0.05, 0.1) is 16.0 Å². The highest BCUT2D eigenvalue weighted by Gasteiger charge is 2.39. The summed E-state index contributed by atoms with van der Waals surface area (Å²) in [6.45, 7) is 0. The molecule has 24 heavy (non-hydrogen) atoms. The molecule has 2 aromatic carbocycles. The molecule has 0 spiro atoms. The predicted molar refractivity (Wildman–Crippen MR) is 75.9 cm³/mol. The van der Waals surface area contributed by atoms with Crippen molar-refractivity contribution in [3.05, 3.63) is 59.7 Å². The summed E-state index contributed by atoms with van der Waals surface area (Å²) < 4.78 is 102. The van der Waals surface area contributed by atoms with E-state index in [4.69, 9.17) is 0 Å². The van der Waals surface area contributed by atoms with Gasteiger partial charge in [-0.1, -0.05) is 24.3 Å². The van der Waals surface area contributed by atoms with Gasteiger partial charge in [0.25, 0.3) is 0 Å². The lowest BCUT2D eigenvalue weighted by molar-refractivity contribution is -0.140. The Morgan fingerprint density at radius 3 is 1.71 bits per heavy atom. The first-order valence-electron chi connectivity index (χ1n) is 6.20. The highest BCUT2D eigenvalue weighted by Crippen LogP contribution is 2.43. The zero-order valence-corrected chi connectivity index (χ0v) is 13.2. The lowest BCUT2D eigenvalue weighted by Crippen LogP contribution is -2.12.